The molecule has 0 N–H and O–H groups in total. The molecular weight excluding hydrogens is 144 g/mol. The maximum Gasteiger partial charge on any atom is 0.202 e. The molecule has 0 aliphatic heterocycles. The summed E-state index contributed by atoms with van der Waals surface area (Å²) in [6, 6.07) is 3.80. The standard InChI is InChI=1S/C8H6OS/c1-7(9)4-5-8-3-2-6-10-8/h2-3,6H,1H3. The molecule has 0 saturated heterocycles. The fourth-order valence-corrected chi connectivity index (χ4v) is 1.07. The van der Waals surface area contributed by atoms with Crippen LogP contribution in [-0.2, 0) is 4.79 Å². The van der Waals surface area contributed by atoms with Gasteiger partial charge in [0.25, 0.3) is 0 Å². The van der Waals surface area contributed by atoms with Crippen molar-refractivity contribution in [2.45, 2.75) is 6.92 Å². The summed E-state index contributed by atoms with van der Waals surface area (Å²) in [5.74, 6) is 5.12. The zero-order valence-corrected chi connectivity index (χ0v) is 6.37. The quantitative estimate of drug-likeness (QED) is 0.514. The van der Waals surface area contributed by atoms with Crippen molar-refractivity contribution in [3.05, 3.63) is 22.4 Å². The van der Waals surface area contributed by atoms with Crippen LogP contribution in [0.3, 0.4) is 0 Å². The van der Waals surface area contributed by atoms with Gasteiger partial charge >= 0.3 is 0 Å². The lowest BCUT2D eigenvalue weighted by Gasteiger charge is -1.72. The van der Waals surface area contributed by atoms with E-state index in [1.54, 1.807) is 0 Å². The van der Waals surface area contributed by atoms with Crippen molar-refractivity contribution >= 4 is 17.1 Å². The fourth-order valence-electron chi connectivity index (χ4n) is 0.499. The monoisotopic (exact) mass is 150 g/mol. The minimum Gasteiger partial charge on any atom is -0.285 e. The van der Waals surface area contributed by atoms with Crippen LogP contribution in [0.4, 0.5) is 0 Å². The number of thiophene rings is 1. The van der Waals surface area contributed by atoms with Gasteiger partial charge in [-0.3, -0.25) is 4.79 Å². The zero-order chi connectivity index (χ0) is 7.40. The lowest BCUT2D eigenvalue weighted by molar-refractivity contribution is -0.111. The van der Waals surface area contributed by atoms with Crippen molar-refractivity contribution in [1.29, 1.82) is 0 Å². The SMILES string of the molecule is CC(=O)C#Cc1cccs1. The molecule has 1 aromatic rings. The van der Waals surface area contributed by atoms with Crippen molar-refractivity contribution in [1.82, 2.24) is 0 Å². The number of ketones is 1. The normalized spacial score (nSPS) is 8.10. The Morgan fingerprint density at radius 1 is 1.70 bits per heavy atom. The molecular formula is C8H6OS. The molecule has 0 amide bonds. The van der Waals surface area contributed by atoms with Gasteiger partial charge < -0.3 is 0 Å². The van der Waals surface area contributed by atoms with Gasteiger partial charge in [-0.15, -0.1) is 11.3 Å². The molecule has 0 spiro atoms. The van der Waals surface area contributed by atoms with Gasteiger partial charge in [-0.2, -0.15) is 0 Å². The van der Waals surface area contributed by atoms with Crippen molar-refractivity contribution < 1.29 is 4.79 Å². The van der Waals surface area contributed by atoms with E-state index in [0.29, 0.717) is 0 Å². The number of hydrogen-bond donors (Lipinski definition) is 0. The molecule has 50 valence electrons. The molecule has 0 aliphatic rings. The lowest BCUT2D eigenvalue weighted by Crippen LogP contribution is -1.79. The van der Waals surface area contributed by atoms with E-state index in [4.69, 9.17) is 0 Å². The van der Waals surface area contributed by atoms with Crippen molar-refractivity contribution in [2.75, 3.05) is 0 Å². The van der Waals surface area contributed by atoms with E-state index >= 15 is 0 Å². The highest BCUT2D eigenvalue weighted by molar-refractivity contribution is 7.10. The molecule has 1 heterocycles. The zero-order valence-electron chi connectivity index (χ0n) is 5.55. The van der Waals surface area contributed by atoms with Gasteiger partial charge in [-0.25, -0.2) is 0 Å². The molecule has 0 aliphatic carbocycles. The number of carbonyl (C=O) groups excluding carboxylic acids is 1. The highest BCUT2D eigenvalue weighted by Gasteiger charge is 1.84. The van der Waals surface area contributed by atoms with Crippen LogP contribution in [0.15, 0.2) is 17.5 Å². The van der Waals surface area contributed by atoms with Crippen LogP contribution < -0.4 is 0 Å². The van der Waals surface area contributed by atoms with Crippen molar-refractivity contribution in [3.63, 3.8) is 0 Å². The second kappa shape index (κ2) is 3.19. The van der Waals surface area contributed by atoms with Crippen molar-refractivity contribution in [3.8, 4) is 11.8 Å². The van der Waals surface area contributed by atoms with E-state index < -0.39 is 0 Å². The van der Waals surface area contributed by atoms with Crippen LogP contribution in [-0.4, -0.2) is 5.78 Å². The molecule has 1 rings (SSSR count). The summed E-state index contributed by atoms with van der Waals surface area (Å²) in [7, 11) is 0. The smallest absolute Gasteiger partial charge is 0.202 e. The van der Waals surface area contributed by atoms with Crippen LogP contribution in [0.2, 0.25) is 0 Å². The molecule has 1 aromatic heterocycles. The van der Waals surface area contributed by atoms with Gasteiger partial charge in [-0.1, -0.05) is 6.07 Å². The molecule has 2 heteroatoms. The average molecular weight is 150 g/mol. The summed E-state index contributed by atoms with van der Waals surface area (Å²) < 4.78 is 0. The van der Waals surface area contributed by atoms with E-state index in [-0.39, 0.29) is 5.78 Å². The van der Waals surface area contributed by atoms with Gasteiger partial charge in [0.05, 0.1) is 4.88 Å². The Balaban J connectivity index is 2.75. The van der Waals surface area contributed by atoms with E-state index in [9.17, 15) is 4.79 Å². The fraction of sp³-hybridized carbons (Fsp3) is 0.125. The molecule has 0 bridgehead atoms. The Morgan fingerprint density at radius 2 is 2.50 bits per heavy atom. The number of hydrogen-bond acceptors (Lipinski definition) is 2. The first-order chi connectivity index (χ1) is 4.79. The number of rotatable bonds is 0. The van der Waals surface area contributed by atoms with Crippen LogP contribution >= 0.6 is 11.3 Å². The van der Waals surface area contributed by atoms with Gasteiger partial charge in [0, 0.05) is 6.92 Å². The predicted octanol–water partition coefficient (Wildman–Crippen LogP) is 1.69. The molecule has 0 atom stereocenters. The predicted molar refractivity (Wildman–Crippen MR) is 41.9 cm³/mol. The summed E-state index contributed by atoms with van der Waals surface area (Å²) in [4.78, 5) is 11.3. The molecule has 0 aromatic carbocycles. The van der Waals surface area contributed by atoms with Gasteiger partial charge in [0.2, 0.25) is 5.78 Å². The van der Waals surface area contributed by atoms with Crippen molar-refractivity contribution in [2.24, 2.45) is 0 Å². The van der Waals surface area contributed by atoms with E-state index in [1.165, 1.54) is 18.3 Å². The summed E-state index contributed by atoms with van der Waals surface area (Å²) in [6.07, 6.45) is 0. The van der Waals surface area contributed by atoms with Crippen LogP contribution in [0.1, 0.15) is 11.8 Å². The minimum atomic E-state index is -0.0894. The summed E-state index contributed by atoms with van der Waals surface area (Å²) in [6.45, 7) is 1.46. The van der Waals surface area contributed by atoms with Gasteiger partial charge in [0.1, 0.15) is 0 Å². The molecule has 0 fully saturated rings. The van der Waals surface area contributed by atoms with E-state index in [2.05, 4.69) is 11.8 Å². The topological polar surface area (TPSA) is 17.1 Å². The van der Waals surface area contributed by atoms with Crippen LogP contribution in [0.25, 0.3) is 0 Å². The summed E-state index contributed by atoms with van der Waals surface area (Å²) >= 11 is 1.54. The summed E-state index contributed by atoms with van der Waals surface area (Å²) in [5, 5.41) is 1.93. The molecule has 0 unspecified atom stereocenters. The van der Waals surface area contributed by atoms with Gasteiger partial charge in [0.15, 0.2) is 0 Å². The molecule has 10 heavy (non-hydrogen) atoms. The first-order valence-corrected chi connectivity index (χ1v) is 3.73. The summed E-state index contributed by atoms with van der Waals surface area (Å²) in [5.41, 5.74) is 0. The lowest BCUT2D eigenvalue weighted by atomic mass is 10.4. The Bertz CT molecular complexity index is 274. The molecule has 0 saturated carbocycles. The maximum absolute atomic E-state index is 10.4. The Labute approximate surface area is 63.7 Å². The van der Waals surface area contributed by atoms with Crippen LogP contribution in [0.5, 0.6) is 0 Å². The second-order valence-corrected chi connectivity index (χ2v) is 2.73. The highest BCUT2D eigenvalue weighted by Crippen LogP contribution is 2.05. The molecule has 1 nitrogen and oxygen atoms in total. The third-order valence-electron chi connectivity index (χ3n) is 0.883. The third-order valence-corrected chi connectivity index (χ3v) is 1.67. The highest BCUT2D eigenvalue weighted by atomic mass is 32.1. The average Bonchev–Trinajstić information content (AvgIpc) is 2.34. The van der Waals surface area contributed by atoms with Crippen LogP contribution in [0, 0.1) is 11.8 Å². The van der Waals surface area contributed by atoms with E-state index in [1.807, 2.05) is 17.5 Å². The minimum absolute atomic E-state index is 0.0894. The number of carbonyl (C=O) groups is 1. The Kier molecular flexibility index (Phi) is 2.24. The first kappa shape index (κ1) is 7.04. The third kappa shape index (κ3) is 2.04. The maximum atomic E-state index is 10.4. The first-order valence-electron chi connectivity index (χ1n) is 2.85. The largest absolute Gasteiger partial charge is 0.285 e. The Hall–Kier alpha value is -1.07. The van der Waals surface area contributed by atoms with Gasteiger partial charge in [-0.05, 0) is 23.3 Å². The second-order valence-electron chi connectivity index (χ2n) is 1.78. The molecule has 0 radical (unpaired) electrons. The number of Topliss-reactive ketones (excluding diaryl/α,β-unsaturated/α-hetero) is 1. The Morgan fingerprint density at radius 3 is 3.00 bits per heavy atom. The van der Waals surface area contributed by atoms with E-state index in [0.717, 1.165) is 4.88 Å².